The molecule has 0 saturated heterocycles. The number of ether oxygens (including phenoxy) is 1. The van der Waals surface area contributed by atoms with Gasteiger partial charge in [0.1, 0.15) is 5.75 Å². The SMILES string of the molecule is COc1cc(C)c(S(=O)(=O)N(C)C)cc1C(C)C. The Balaban J connectivity index is 3.54. The van der Waals surface area contributed by atoms with E-state index in [2.05, 4.69) is 0 Å². The van der Waals surface area contributed by atoms with Gasteiger partial charge in [0, 0.05) is 14.1 Å². The summed E-state index contributed by atoms with van der Waals surface area (Å²) in [5, 5.41) is 0. The van der Waals surface area contributed by atoms with Crippen molar-refractivity contribution in [2.75, 3.05) is 21.2 Å². The Labute approximate surface area is 110 Å². The van der Waals surface area contributed by atoms with Crippen molar-refractivity contribution in [3.05, 3.63) is 23.3 Å². The van der Waals surface area contributed by atoms with Crippen molar-refractivity contribution in [2.24, 2.45) is 0 Å². The molecule has 0 aliphatic rings. The summed E-state index contributed by atoms with van der Waals surface area (Å²) in [6.45, 7) is 5.81. The highest BCUT2D eigenvalue weighted by molar-refractivity contribution is 7.89. The minimum atomic E-state index is -3.41. The highest BCUT2D eigenvalue weighted by Gasteiger charge is 2.22. The number of sulfonamides is 1. The zero-order valence-electron chi connectivity index (χ0n) is 11.8. The molecule has 0 aliphatic heterocycles. The average molecular weight is 271 g/mol. The molecule has 18 heavy (non-hydrogen) atoms. The van der Waals surface area contributed by atoms with Crippen LogP contribution in [-0.4, -0.2) is 33.9 Å². The third-order valence-electron chi connectivity index (χ3n) is 2.91. The van der Waals surface area contributed by atoms with E-state index in [1.165, 1.54) is 18.4 Å². The summed E-state index contributed by atoms with van der Waals surface area (Å²) in [6, 6.07) is 3.50. The second-order valence-corrected chi connectivity index (χ2v) is 6.92. The molecule has 5 heteroatoms. The summed E-state index contributed by atoms with van der Waals surface area (Å²) in [5.74, 6) is 0.942. The van der Waals surface area contributed by atoms with E-state index in [0.29, 0.717) is 10.5 Å². The van der Waals surface area contributed by atoms with Gasteiger partial charge in [0.2, 0.25) is 10.0 Å². The van der Waals surface area contributed by atoms with Crippen LogP contribution in [0.3, 0.4) is 0 Å². The number of hydrogen-bond acceptors (Lipinski definition) is 3. The van der Waals surface area contributed by atoms with Crippen molar-refractivity contribution in [1.29, 1.82) is 0 Å². The molecule has 0 spiro atoms. The lowest BCUT2D eigenvalue weighted by Gasteiger charge is -2.18. The molecule has 0 saturated carbocycles. The van der Waals surface area contributed by atoms with Crippen LogP contribution in [0, 0.1) is 6.92 Å². The van der Waals surface area contributed by atoms with Gasteiger partial charge in [0.15, 0.2) is 0 Å². The highest BCUT2D eigenvalue weighted by Crippen LogP contribution is 2.32. The Hall–Kier alpha value is -1.07. The lowest BCUT2D eigenvalue weighted by molar-refractivity contribution is 0.406. The molecule has 0 aromatic heterocycles. The molecule has 0 N–H and O–H groups in total. The first-order valence-electron chi connectivity index (χ1n) is 5.82. The van der Waals surface area contributed by atoms with Crippen LogP contribution >= 0.6 is 0 Å². The predicted molar refractivity (Wildman–Crippen MR) is 72.7 cm³/mol. The number of methoxy groups -OCH3 is 1. The van der Waals surface area contributed by atoms with Crippen molar-refractivity contribution in [1.82, 2.24) is 4.31 Å². The summed E-state index contributed by atoms with van der Waals surface area (Å²) in [5.41, 5.74) is 1.61. The van der Waals surface area contributed by atoms with Crippen molar-refractivity contribution >= 4 is 10.0 Å². The van der Waals surface area contributed by atoms with Crippen molar-refractivity contribution < 1.29 is 13.2 Å². The number of benzene rings is 1. The summed E-state index contributed by atoms with van der Waals surface area (Å²) < 4.78 is 31.0. The molecule has 0 radical (unpaired) electrons. The first kappa shape index (κ1) is 15.0. The average Bonchev–Trinajstić information content (AvgIpc) is 2.27. The number of nitrogens with zero attached hydrogens (tertiary/aromatic N) is 1. The molecule has 0 aliphatic carbocycles. The Morgan fingerprint density at radius 2 is 1.78 bits per heavy atom. The summed E-state index contributed by atoms with van der Waals surface area (Å²) >= 11 is 0. The van der Waals surface area contributed by atoms with Crippen LogP contribution in [0.25, 0.3) is 0 Å². The molecule has 0 amide bonds. The standard InChI is InChI=1S/C13H21NO3S/c1-9(2)11-8-13(18(15,16)14(4)5)10(3)7-12(11)17-6/h7-9H,1-6H3. The predicted octanol–water partition coefficient (Wildman–Crippen LogP) is 2.38. The first-order chi connectivity index (χ1) is 8.21. The van der Waals surface area contributed by atoms with Crippen LogP contribution in [0.2, 0.25) is 0 Å². The molecular weight excluding hydrogens is 250 g/mol. The maximum absolute atomic E-state index is 12.2. The molecule has 0 fully saturated rings. The smallest absolute Gasteiger partial charge is 0.242 e. The second kappa shape index (κ2) is 5.28. The fourth-order valence-electron chi connectivity index (χ4n) is 1.78. The van der Waals surface area contributed by atoms with E-state index in [4.69, 9.17) is 4.74 Å². The monoisotopic (exact) mass is 271 g/mol. The molecule has 4 nitrogen and oxygen atoms in total. The maximum atomic E-state index is 12.2. The van der Waals surface area contributed by atoms with Crippen LogP contribution in [-0.2, 0) is 10.0 Å². The first-order valence-corrected chi connectivity index (χ1v) is 7.26. The largest absolute Gasteiger partial charge is 0.496 e. The van der Waals surface area contributed by atoms with Gasteiger partial charge in [-0.15, -0.1) is 0 Å². The van der Waals surface area contributed by atoms with E-state index in [1.807, 2.05) is 13.8 Å². The Kier molecular flexibility index (Phi) is 4.40. The summed E-state index contributed by atoms with van der Waals surface area (Å²) in [7, 11) is 1.26. The quantitative estimate of drug-likeness (QED) is 0.844. The van der Waals surface area contributed by atoms with E-state index in [-0.39, 0.29) is 5.92 Å². The molecule has 0 unspecified atom stereocenters. The Morgan fingerprint density at radius 1 is 1.22 bits per heavy atom. The van der Waals surface area contributed by atoms with E-state index in [1.54, 1.807) is 26.2 Å². The molecule has 1 aromatic carbocycles. The Bertz CT molecular complexity index is 533. The number of rotatable bonds is 4. The van der Waals surface area contributed by atoms with Crippen molar-refractivity contribution in [3.63, 3.8) is 0 Å². The third kappa shape index (κ3) is 2.67. The lowest BCUT2D eigenvalue weighted by Crippen LogP contribution is -2.23. The van der Waals surface area contributed by atoms with E-state index in [9.17, 15) is 8.42 Å². The Morgan fingerprint density at radius 3 is 2.17 bits per heavy atom. The lowest BCUT2D eigenvalue weighted by atomic mass is 10.0. The molecule has 0 atom stereocenters. The second-order valence-electron chi connectivity index (χ2n) is 4.80. The zero-order valence-corrected chi connectivity index (χ0v) is 12.6. The van der Waals surface area contributed by atoms with Crippen molar-refractivity contribution in [3.8, 4) is 5.75 Å². The normalized spacial score (nSPS) is 12.2. The number of aryl methyl sites for hydroxylation is 1. The van der Waals surface area contributed by atoms with Crippen LogP contribution in [0.4, 0.5) is 0 Å². The van der Waals surface area contributed by atoms with Gasteiger partial charge in [0.05, 0.1) is 12.0 Å². The molecule has 102 valence electrons. The minimum absolute atomic E-state index is 0.205. The molecule has 1 rings (SSSR count). The molecule has 1 aromatic rings. The van der Waals surface area contributed by atoms with Gasteiger partial charge >= 0.3 is 0 Å². The fraction of sp³-hybridized carbons (Fsp3) is 0.538. The van der Waals surface area contributed by atoms with Gasteiger partial charge in [-0.05, 0) is 36.1 Å². The fourth-order valence-corrected chi connectivity index (χ4v) is 2.91. The van der Waals surface area contributed by atoms with Crippen LogP contribution < -0.4 is 4.74 Å². The van der Waals surface area contributed by atoms with Gasteiger partial charge in [-0.2, -0.15) is 0 Å². The van der Waals surface area contributed by atoms with Gasteiger partial charge in [0.25, 0.3) is 0 Å². The van der Waals surface area contributed by atoms with E-state index in [0.717, 1.165) is 11.3 Å². The van der Waals surface area contributed by atoms with Crippen molar-refractivity contribution in [2.45, 2.75) is 31.6 Å². The zero-order chi connectivity index (χ0) is 14.1. The van der Waals surface area contributed by atoms with Gasteiger partial charge < -0.3 is 4.74 Å². The van der Waals surface area contributed by atoms with Gasteiger partial charge in [-0.25, -0.2) is 12.7 Å². The topological polar surface area (TPSA) is 46.6 Å². The summed E-state index contributed by atoms with van der Waals surface area (Å²) in [4.78, 5) is 0.344. The van der Waals surface area contributed by atoms with E-state index < -0.39 is 10.0 Å². The number of hydrogen-bond donors (Lipinski definition) is 0. The van der Waals surface area contributed by atoms with Crippen LogP contribution in [0.5, 0.6) is 5.75 Å². The molecule has 0 heterocycles. The maximum Gasteiger partial charge on any atom is 0.242 e. The molecular formula is C13H21NO3S. The highest BCUT2D eigenvalue weighted by atomic mass is 32.2. The third-order valence-corrected chi connectivity index (χ3v) is 4.86. The summed E-state index contributed by atoms with van der Waals surface area (Å²) in [6.07, 6.45) is 0. The minimum Gasteiger partial charge on any atom is -0.496 e. The van der Waals surface area contributed by atoms with Gasteiger partial charge in [-0.1, -0.05) is 13.8 Å². The van der Waals surface area contributed by atoms with E-state index >= 15 is 0 Å². The van der Waals surface area contributed by atoms with Crippen LogP contribution in [0.1, 0.15) is 30.9 Å². The van der Waals surface area contributed by atoms with Gasteiger partial charge in [-0.3, -0.25) is 0 Å². The molecule has 0 bridgehead atoms. The van der Waals surface area contributed by atoms with Crippen LogP contribution in [0.15, 0.2) is 17.0 Å².